The minimum absolute atomic E-state index is 0. The molecule has 54 valence electrons. The topological polar surface area (TPSA) is 64.2 Å². The Bertz CT molecular complexity index is 296. The van der Waals surface area contributed by atoms with Gasteiger partial charge in [0.2, 0.25) is 0 Å². The molecule has 1 rings (SSSR count). The van der Waals surface area contributed by atoms with E-state index in [0.29, 0.717) is 5.56 Å². The molecular weight excluding hydrogens is 144 g/mol. The van der Waals surface area contributed by atoms with Gasteiger partial charge in [-0.2, -0.15) is 5.26 Å². The van der Waals surface area contributed by atoms with E-state index in [-0.39, 0.29) is 49.2 Å². The van der Waals surface area contributed by atoms with Gasteiger partial charge < -0.3 is 10.2 Å². The summed E-state index contributed by atoms with van der Waals surface area (Å²) in [6.07, 6.45) is 0. The first-order chi connectivity index (χ1) is 4.74. The molecule has 0 unspecified atom stereocenters. The van der Waals surface area contributed by atoms with Gasteiger partial charge in [-0.15, -0.1) is 0 Å². The van der Waals surface area contributed by atoms with Gasteiger partial charge in [-0.3, -0.25) is 0 Å². The molecule has 0 aliphatic rings. The predicted molar refractivity (Wildman–Crippen MR) is 48.8 cm³/mol. The van der Waals surface area contributed by atoms with Crippen molar-refractivity contribution < 1.29 is 10.2 Å². The Morgan fingerprint density at radius 3 is 2.08 bits per heavy atom. The molecule has 0 aromatic heterocycles. The number of nitriles is 1. The predicted octanol–water partition coefficient (Wildman–Crippen LogP) is -0.328. The first-order valence-electron chi connectivity index (χ1n) is 2.66. The van der Waals surface area contributed by atoms with Gasteiger partial charge in [0.15, 0.2) is 11.5 Å². The van der Waals surface area contributed by atoms with Gasteiger partial charge in [0.1, 0.15) is 0 Å². The van der Waals surface area contributed by atoms with Crippen LogP contribution in [0.15, 0.2) is 18.2 Å². The van der Waals surface area contributed by atoms with Crippen molar-refractivity contribution in [1.82, 2.24) is 0 Å². The van der Waals surface area contributed by atoms with E-state index in [1.807, 2.05) is 6.07 Å². The van der Waals surface area contributed by atoms with Gasteiger partial charge >= 0.3 is 37.7 Å². The average molecular weight is 151 g/mol. The summed E-state index contributed by atoms with van der Waals surface area (Å²) in [5, 5.41) is 25.9. The Morgan fingerprint density at radius 2 is 1.67 bits per heavy atom. The molecule has 0 aliphatic carbocycles. The van der Waals surface area contributed by atoms with Crippen LogP contribution in [-0.4, -0.2) is 47.9 Å². The van der Waals surface area contributed by atoms with Crippen LogP contribution in [0.2, 0.25) is 0 Å². The van der Waals surface area contributed by atoms with Crippen molar-refractivity contribution in [3.05, 3.63) is 23.8 Å². The second kappa shape index (κ2) is 6.07. The Balaban J connectivity index is 0. The van der Waals surface area contributed by atoms with E-state index in [0.717, 1.165) is 0 Å². The number of hydrogen-bond acceptors (Lipinski definition) is 3. The number of benzene rings is 1. The number of phenols is 2. The third-order valence-corrected chi connectivity index (χ3v) is 1.10. The fourth-order valence-electron chi connectivity index (χ4n) is 0.593. The van der Waals surface area contributed by atoms with Crippen molar-refractivity contribution in [2.45, 2.75) is 0 Å². The third kappa shape index (κ3) is 3.27. The molecule has 0 saturated carbocycles. The standard InChI is InChI=1S/C7H5NO2.2Li.2H/c8-4-5-1-2-6(9)7(10)3-5;;;;/h1-3,9-10H;;;;. The molecule has 1 aromatic carbocycles. The molecule has 0 saturated heterocycles. The molecule has 0 bridgehead atoms. The van der Waals surface area contributed by atoms with Crippen LogP contribution in [0.1, 0.15) is 5.56 Å². The van der Waals surface area contributed by atoms with E-state index in [1.165, 1.54) is 18.2 Å². The molecule has 0 atom stereocenters. The van der Waals surface area contributed by atoms with E-state index in [2.05, 4.69) is 0 Å². The van der Waals surface area contributed by atoms with E-state index in [1.54, 1.807) is 0 Å². The maximum atomic E-state index is 8.83. The van der Waals surface area contributed by atoms with Gasteiger partial charge in [-0.25, -0.2) is 0 Å². The molecule has 0 heterocycles. The summed E-state index contributed by atoms with van der Waals surface area (Å²) in [7, 11) is 0. The van der Waals surface area contributed by atoms with Crippen molar-refractivity contribution in [3.8, 4) is 17.6 Å². The molecular formula is C7H7Li2NO2. The summed E-state index contributed by atoms with van der Waals surface area (Å²) in [4.78, 5) is 0. The van der Waals surface area contributed by atoms with Gasteiger partial charge in [0.25, 0.3) is 0 Å². The van der Waals surface area contributed by atoms with Gasteiger partial charge in [-0.1, -0.05) is 0 Å². The van der Waals surface area contributed by atoms with Gasteiger partial charge in [0.05, 0.1) is 11.6 Å². The summed E-state index contributed by atoms with van der Waals surface area (Å²) in [6.45, 7) is 0. The fraction of sp³-hybridized carbons (Fsp3) is 0. The molecule has 5 heteroatoms. The summed E-state index contributed by atoms with van der Waals surface area (Å²) in [5.74, 6) is -0.474. The molecule has 3 nitrogen and oxygen atoms in total. The molecule has 2 N–H and O–H groups in total. The molecule has 0 spiro atoms. The summed E-state index contributed by atoms with van der Waals surface area (Å²) >= 11 is 0. The first kappa shape index (κ1) is 14.1. The second-order valence-electron chi connectivity index (χ2n) is 1.82. The Kier molecular flexibility index (Phi) is 7.11. The van der Waals surface area contributed by atoms with E-state index < -0.39 is 0 Å². The van der Waals surface area contributed by atoms with Gasteiger partial charge in [-0.05, 0) is 12.1 Å². The zero-order valence-electron chi connectivity index (χ0n) is 5.07. The number of phenolic OH excluding ortho intramolecular Hbond substituents is 2. The molecule has 1 aromatic rings. The SMILES string of the molecule is N#Cc1ccc(O)c(O)c1.[LiH].[LiH]. The fourth-order valence-corrected chi connectivity index (χ4v) is 0.593. The zero-order valence-corrected chi connectivity index (χ0v) is 5.07. The van der Waals surface area contributed by atoms with Crippen LogP contribution in [-0.2, 0) is 0 Å². The second-order valence-corrected chi connectivity index (χ2v) is 1.82. The van der Waals surface area contributed by atoms with Crippen LogP contribution in [0, 0.1) is 11.3 Å². The summed E-state index contributed by atoms with van der Waals surface area (Å²) < 4.78 is 0. The monoisotopic (exact) mass is 151 g/mol. The average Bonchev–Trinajstić information content (AvgIpc) is 1.95. The van der Waals surface area contributed by atoms with Crippen molar-refractivity contribution in [2.75, 3.05) is 0 Å². The van der Waals surface area contributed by atoms with Crippen molar-refractivity contribution in [2.24, 2.45) is 0 Å². The number of nitrogens with zero attached hydrogens (tertiary/aromatic N) is 1. The quantitative estimate of drug-likeness (QED) is 0.394. The number of rotatable bonds is 0. The van der Waals surface area contributed by atoms with Crippen LogP contribution in [0.5, 0.6) is 11.5 Å². The first-order valence-corrected chi connectivity index (χ1v) is 2.66. The minimum atomic E-state index is -0.265. The number of hydrogen-bond donors (Lipinski definition) is 2. The molecule has 0 amide bonds. The molecule has 12 heavy (non-hydrogen) atoms. The van der Waals surface area contributed by atoms with Crippen LogP contribution in [0.25, 0.3) is 0 Å². The Morgan fingerprint density at radius 1 is 1.08 bits per heavy atom. The van der Waals surface area contributed by atoms with E-state index in [4.69, 9.17) is 15.5 Å². The maximum absolute atomic E-state index is 8.83. The van der Waals surface area contributed by atoms with Crippen molar-refractivity contribution in [3.63, 3.8) is 0 Å². The third-order valence-electron chi connectivity index (χ3n) is 1.10. The van der Waals surface area contributed by atoms with Crippen LogP contribution < -0.4 is 0 Å². The molecule has 0 fully saturated rings. The Labute approximate surface area is 94.4 Å². The van der Waals surface area contributed by atoms with E-state index in [9.17, 15) is 0 Å². The molecule has 0 radical (unpaired) electrons. The van der Waals surface area contributed by atoms with Crippen LogP contribution in [0.4, 0.5) is 0 Å². The van der Waals surface area contributed by atoms with Crippen LogP contribution in [0.3, 0.4) is 0 Å². The van der Waals surface area contributed by atoms with Crippen molar-refractivity contribution in [1.29, 1.82) is 5.26 Å². The van der Waals surface area contributed by atoms with Crippen LogP contribution >= 0.6 is 0 Å². The summed E-state index contributed by atoms with van der Waals surface area (Å²) in [6, 6.07) is 5.72. The normalized spacial score (nSPS) is 7.25. The molecule has 0 aliphatic heterocycles. The zero-order chi connectivity index (χ0) is 7.56. The van der Waals surface area contributed by atoms with Crippen molar-refractivity contribution >= 4 is 37.7 Å². The van der Waals surface area contributed by atoms with Gasteiger partial charge in [0, 0.05) is 6.07 Å². The number of aromatic hydroxyl groups is 2. The van der Waals surface area contributed by atoms with E-state index >= 15 is 0 Å². The Hall–Kier alpha value is -0.495. The summed E-state index contributed by atoms with van der Waals surface area (Å²) in [5.41, 5.74) is 0.329.